The number of ether oxygens (including phenoxy) is 2. The lowest BCUT2D eigenvalue weighted by molar-refractivity contribution is -0.301. The maximum absolute atomic E-state index is 11.3. The third-order valence-corrected chi connectivity index (χ3v) is 9.87. The minimum absolute atomic E-state index is 0.123. The molecular weight excluding hydrogens is 312 g/mol. The largest absolute Gasteiger partial charge is 0.545 e. The molecule has 1 heterocycles. The van der Waals surface area contributed by atoms with Crippen molar-refractivity contribution in [2.75, 3.05) is 13.7 Å². The smallest absolute Gasteiger partial charge is 0.205 e. The van der Waals surface area contributed by atoms with Crippen LogP contribution in [0.1, 0.15) is 27.2 Å². The van der Waals surface area contributed by atoms with E-state index in [1.54, 1.807) is 7.11 Å². The fraction of sp³-hybridized carbons (Fsp3) is 0.706. The van der Waals surface area contributed by atoms with E-state index in [1.165, 1.54) is 6.26 Å². The Kier molecular flexibility index (Phi) is 5.08. The zero-order valence-electron chi connectivity index (χ0n) is 14.8. The Morgan fingerprint density at radius 1 is 1.43 bits per heavy atom. The van der Waals surface area contributed by atoms with E-state index in [1.807, 2.05) is 0 Å². The monoisotopic (exact) mass is 339 g/mol. The first kappa shape index (κ1) is 18.2. The van der Waals surface area contributed by atoms with Crippen molar-refractivity contribution in [3.63, 3.8) is 0 Å². The van der Waals surface area contributed by atoms with E-state index in [0.717, 1.165) is 5.57 Å². The van der Waals surface area contributed by atoms with Gasteiger partial charge in [-0.25, -0.2) is 0 Å². The van der Waals surface area contributed by atoms with Crippen LogP contribution in [-0.2, 0) is 18.7 Å². The van der Waals surface area contributed by atoms with Crippen molar-refractivity contribution in [3.05, 3.63) is 23.5 Å². The van der Waals surface area contributed by atoms with Gasteiger partial charge >= 0.3 is 0 Å². The number of rotatable bonds is 5. The Balaban J connectivity index is 2.14. The van der Waals surface area contributed by atoms with Crippen molar-refractivity contribution >= 4 is 14.3 Å². The second-order valence-electron chi connectivity index (χ2n) is 7.80. The van der Waals surface area contributed by atoms with Gasteiger partial charge in [0.05, 0.1) is 24.8 Å². The molecule has 0 aromatic heterocycles. The van der Waals surface area contributed by atoms with Gasteiger partial charge in [0.2, 0.25) is 6.29 Å². The SMILES string of the molecule is CO[C@@H]1OC=C(C(=O)[O-])[C@H]2CC=C(CO[Si](C)(C)C(C)(C)C)[C@@H]12. The highest BCUT2D eigenvalue weighted by atomic mass is 28.4. The second-order valence-corrected chi connectivity index (χ2v) is 12.6. The zero-order valence-corrected chi connectivity index (χ0v) is 15.8. The van der Waals surface area contributed by atoms with Crippen LogP contribution in [0.5, 0.6) is 0 Å². The molecule has 0 saturated carbocycles. The Bertz CT molecular complexity index is 530. The third kappa shape index (κ3) is 3.54. The van der Waals surface area contributed by atoms with E-state index in [9.17, 15) is 9.90 Å². The summed E-state index contributed by atoms with van der Waals surface area (Å²) in [5.41, 5.74) is 1.28. The van der Waals surface area contributed by atoms with Crippen molar-refractivity contribution in [2.45, 2.75) is 51.6 Å². The van der Waals surface area contributed by atoms with Gasteiger partial charge in [0.15, 0.2) is 8.32 Å². The molecule has 0 unspecified atom stereocenters. The quantitative estimate of drug-likeness (QED) is 0.567. The summed E-state index contributed by atoms with van der Waals surface area (Å²) in [6.45, 7) is 11.5. The maximum atomic E-state index is 11.3. The normalized spacial score (nSPS) is 27.8. The molecule has 3 atom stereocenters. The van der Waals surface area contributed by atoms with E-state index >= 15 is 0 Å². The molecule has 0 aromatic rings. The van der Waals surface area contributed by atoms with Crippen molar-refractivity contribution in [1.82, 2.24) is 0 Å². The van der Waals surface area contributed by atoms with Gasteiger partial charge in [0.1, 0.15) is 0 Å². The van der Waals surface area contributed by atoms with E-state index in [-0.39, 0.29) is 22.4 Å². The molecule has 6 heteroatoms. The molecule has 0 radical (unpaired) electrons. The topological polar surface area (TPSA) is 67.8 Å². The molecule has 130 valence electrons. The summed E-state index contributed by atoms with van der Waals surface area (Å²) in [5, 5.41) is 11.4. The van der Waals surface area contributed by atoms with Crippen LogP contribution in [0.15, 0.2) is 23.5 Å². The van der Waals surface area contributed by atoms with E-state index in [0.29, 0.717) is 13.0 Å². The van der Waals surface area contributed by atoms with Crippen LogP contribution < -0.4 is 5.11 Å². The van der Waals surface area contributed by atoms with Crippen LogP contribution >= 0.6 is 0 Å². The number of carboxylic acids is 1. The number of carbonyl (C=O) groups is 1. The molecule has 0 spiro atoms. The molecule has 2 aliphatic rings. The summed E-state index contributed by atoms with van der Waals surface area (Å²) in [5.74, 6) is -1.45. The second kappa shape index (κ2) is 6.41. The fourth-order valence-corrected chi connectivity index (χ4v) is 3.81. The molecule has 0 aromatic carbocycles. The van der Waals surface area contributed by atoms with Crippen molar-refractivity contribution in [1.29, 1.82) is 0 Å². The number of fused-ring (bicyclic) bond motifs is 1. The molecule has 1 aliphatic heterocycles. The number of allylic oxidation sites excluding steroid dienone is 1. The zero-order chi connectivity index (χ0) is 17.4. The molecular formula is C17H27O5Si-. The van der Waals surface area contributed by atoms with Crippen LogP contribution in [0.2, 0.25) is 18.1 Å². The van der Waals surface area contributed by atoms with Crippen molar-refractivity contribution < 1.29 is 23.8 Å². The Morgan fingerprint density at radius 2 is 2.09 bits per heavy atom. The molecule has 0 N–H and O–H groups in total. The lowest BCUT2D eigenvalue weighted by Gasteiger charge is -2.38. The van der Waals surface area contributed by atoms with Gasteiger partial charge in [0.25, 0.3) is 0 Å². The first-order valence-electron chi connectivity index (χ1n) is 8.01. The van der Waals surface area contributed by atoms with Gasteiger partial charge in [-0.3, -0.25) is 0 Å². The molecule has 2 rings (SSSR count). The lowest BCUT2D eigenvalue weighted by Crippen LogP contribution is -2.43. The van der Waals surface area contributed by atoms with E-state index in [2.05, 4.69) is 39.9 Å². The number of hydrogen-bond acceptors (Lipinski definition) is 5. The number of methoxy groups -OCH3 is 1. The lowest BCUT2D eigenvalue weighted by atomic mass is 9.83. The van der Waals surface area contributed by atoms with Crippen LogP contribution in [-0.4, -0.2) is 34.3 Å². The minimum atomic E-state index is -1.87. The molecule has 0 bridgehead atoms. The van der Waals surface area contributed by atoms with Crippen molar-refractivity contribution in [2.24, 2.45) is 11.8 Å². The number of carbonyl (C=O) groups excluding carboxylic acids is 1. The molecule has 0 amide bonds. The highest BCUT2D eigenvalue weighted by molar-refractivity contribution is 6.74. The van der Waals surface area contributed by atoms with Crippen LogP contribution in [0.25, 0.3) is 0 Å². The van der Waals surface area contributed by atoms with Gasteiger partial charge in [-0.1, -0.05) is 26.8 Å². The molecule has 5 nitrogen and oxygen atoms in total. The summed E-state index contributed by atoms with van der Waals surface area (Å²) >= 11 is 0. The summed E-state index contributed by atoms with van der Waals surface area (Å²) in [4.78, 5) is 11.3. The van der Waals surface area contributed by atoms with Gasteiger partial charge in [-0.05, 0) is 30.1 Å². The standard InChI is InChI=1S/C17H28O5Si/c1-17(2,3)23(5,6)22-9-11-7-8-12-13(15(18)19)10-21-16(20-4)14(11)12/h7,10,12,14,16H,8-9H2,1-6H3,(H,18,19)/p-1/t12-,14-,16-/m1/s1. The number of hydrogen-bond donors (Lipinski definition) is 0. The molecule has 23 heavy (non-hydrogen) atoms. The predicted octanol–water partition coefficient (Wildman–Crippen LogP) is 2.21. The maximum Gasteiger partial charge on any atom is 0.205 e. The van der Waals surface area contributed by atoms with Crippen LogP contribution in [0.3, 0.4) is 0 Å². The van der Waals surface area contributed by atoms with Crippen LogP contribution in [0, 0.1) is 11.8 Å². The van der Waals surface area contributed by atoms with E-state index in [4.69, 9.17) is 13.9 Å². The average molecular weight is 339 g/mol. The van der Waals surface area contributed by atoms with E-state index < -0.39 is 20.6 Å². The van der Waals surface area contributed by atoms with Gasteiger partial charge in [0, 0.05) is 18.6 Å². The number of aliphatic carboxylic acids is 1. The van der Waals surface area contributed by atoms with Gasteiger partial charge in [-0.15, -0.1) is 0 Å². The van der Waals surface area contributed by atoms with Crippen LogP contribution in [0.4, 0.5) is 0 Å². The first-order chi connectivity index (χ1) is 10.6. The van der Waals surface area contributed by atoms with Gasteiger partial charge < -0.3 is 23.8 Å². The summed E-state index contributed by atoms with van der Waals surface area (Å²) in [6.07, 6.45) is 3.53. The average Bonchev–Trinajstić information content (AvgIpc) is 2.86. The minimum Gasteiger partial charge on any atom is -0.545 e. The molecule has 0 fully saturated rings. The highest BCUT2D eigenvalue weighted by Crippen LogP contribution is 2.44. The molecule has 0 saturated heterocycles. The van der Waals surface area contributed by atoms with Crippen molar-refractivity contribution in [3.8, 4) is 0 Å². The summed E-state index contributed by atoms with van der Waals surface area (Å²) < 4.78 is 17.1. The Morgan fingerprint density at radius 3 is 2.61 bits per heavy atom. The summed E-state index contributed by atoms with van der Waals surface area (Å²) in [6, 6.07) is 0. The Hall–Kier alpha value is -1.11. The number of carboxylic acid groups (broad SMARTS) is 1. The summed E-state index contributed by atoms with van der Waals surface area (Å²) in [7, 11) is -0.292. The highest BCUT2D eigenvalue weighted by Gasteiger charge is 2.44. The fourth-order valence-electron chi connectivity index (χ4n) is 2.85. The molecule has 1 aliphatic carbocycles. The third-order valence-electron chi connectivity index (χ3n) is 5.39. The first-order valence-corrected chi connectivity index (χ1v) is 10.9. The predicted molar refractivity (Wildman–Crippen MR) is 87.8 cm³/mol. The Labute approximate surface area is 139 Å². The van der Waals surface area contributed by atoms with Gasteiger partial charge in [-0.2, -0.15) is 0 Å².